The van der Waals surface area contributed by atoms with Gasteiger partial charge in [-0.3, -0.25) is 0 Å². The zero-order valence-electron chi connectivity index (χ0n) is 5.97. The first-order valence-corrected chi connectivity index (χ1v) is 3.71. The lowest BCUT2D eigenvalue weighted by atomic mass is 10.3. The van der Waals surface area contributed by atoms with Gasteiger partial charge in [0.1, 0.15) is 0 Å². The maximum atomic E-state index is 5.47. The van der Waals surface area contributed by atoms with E-state index in [0.717, 1.165) is 13.0 Å². The number of ether oxygens (including phenoxy) is 1. The van der Waals surface area contributed by atoms with Crippen LogP contribution in [-0.2, 0) is 4.74 Å². The molecule has 0 saturated heterocycles. The maximum absolute atomic E-state index is 5.47. The van der Waals surface area contributed by atoms with Crippen molar-refractivity contribution in [1.29, 1.82) is 0 Å². The Kier molecular flexibility index (Phi) is 2.78. The normalized spacial score (nSPS) is 25.2. The van der Waals surface area contributed by atoms with Crippen LogP contribution < -0.4 is 0 Å². The van der Waals surface area contributed by atoms with Crippen molar-refractivity contribution in [2.24, 2.45) is 0 Å². The summed E-state index contributed by atoms with van der Waals surface area (Å²) in [7, 11) is 0. The number of rotatable bonds is 3. The fraction of sp³-hybridized carbons (Fsp3) is 0.750. The van der Waals surface area contributed by atoms with Crippen LogP contribution in [0.15, 0.2) is 12.2 Å². The molecule has 1 rings (SSSR count). The van der Waals surface area contributed by atoms with Crippen molar-refractivity contribution in [3.05, 3.63) is 12.2 Å². The molecule has 1 aliphatic rings. The van der Waals surface area contributed by atoms with E-state index < -0.39 is 0 Å². The van der Waals surface area contributed by atoms with Gasteiger partial charge in [-0.25, -0.2) is 0 Å². The average molecular weight is 126 g/mol. The third-order valence-electron chi connectivity index (χ3n) is 1.50. The first-order chi connectivity index (χ1) is 4.43. The molecular formula is C8H14O. The molecule has 0 heterocycles. The summed E-state index contributed by atoms with van der Waals surface area (Å²) in [5, 5.41) is 0. The van der Waals surface area contributed by atoms with Gasteiger partial charge >= 0.3 is 0 Å². The second kappa shape index (κ2) is 3.67. The van der Waals surface area contributed by atoms with Crippen molar-refractivity contribution in [1.82, 2.24) is 0 Å². The zero-order valence-corrected chi connectivity index (χ0v) is 5.97. The summed E-state index contributed by atoms with van der Waals surface area (Å²) in [6.45, 7) is 3.05. The van der Waals surface area contributed by atoms with E-state index in [1.807, 2.05) is 0 Å². The van der Waals surface area contributed by atoms with Gasteiger partial charge in [0.25, 0.3) is 0 Å². The highest BCUT2D eigenvalue weighted by molar-refractivity contribution is 4.97. The quantitative estimate of drug-likeness (QED) is 0.526. The second-order valence-corrected chi connectivity index (χ2v) is 2.41. The van der Waals surface area contributed by atoms with Gasteiger partial charge in [0.2, 0.25) is 0 Å². The first kappa shape index (κ1) is 6.81. The largest absolute Gasteiger partial charge is 0.374 e. The highest BCUT2D eigenvalue weighted by atomic mass is 16.5. The molecule has 1 aliphatic carbocycles. The van der Waals surface area contributed by atoms with Crippen LogP contribution in [0.25, 0.3) is 0 Å². The van der Waals surface area contributed by atoms with Gasteiger partial charge in [0.15, 0.2) is 0 Å². The topological polar surface area (TPSA) is 9.23 Å². The molecule has 0 aromatic carbocycles. The molecule has 0 bridgehead atoms. The van der Waals surface area contributed by atoms with Crippen LogP contribution in [0.4, 0.5) is 0 Å². The molecule has 0 aliphatic heterocycles. The lowest BCUT2D eigenvalue weighted by molar-refractivity contribution is 0.0858. The molecule has 0 N–H and O–H groups in total. The Hall–Kier alpha value is -0.300. The summed E-state index contributed by atoms with van der Waals surface area (Å²) in [4.78, 5) is 0. The highest BCUT2D eigenvalue weighted by Crippen LogP contribution is 2.12. The van der Waals surface area contributed by atoms with E-state index in [1.165, 1.54) is 12.8 Å². The van der Waals surface area contributed by atoms with E-state index in [4.69, 9.17) is 4.74 Å². The predicted octanol–water partition coefficient (Wildman–Crippen LogP) is 2.13. The van der Waals surface area contributed by atoms with Gasteiger partial charge in [-0.15, -0.1) is 0 Å². The molecule has 1 unspecified atom stereocenters. The summed E-state index contributed by atoms with van der Waals surface area (Å²) in [6.07, 6.45) is 8.32. The number of hydrogen-bond acceptors (Lipinski definition) is 1. The van der Waals surface area contributed by atoms with Crippen molar-refractivity contribution in [3.8, 4) is 0 Å². The maximum Gasteiger partial charge on any atom is 0.0758 e. The van der Waals surface area contributed by atoms with E-state index in [1.54, 1.807) is 0 Å². The minimum atomic E-state index is 0.435. The van der Waals surface area contributed by atoms with E-state index in [2.05, 4.69) is 19.1 Å². The molecule has 52 valence electrons. The Balaban J connectivity index is 2.05. The summed E-state index contributed by atoms with van der Waals surface area (Å²) in [5.74, 6) is 0. The third-order valence-corrected chi connectivity index (χ3v) is 1.50. The summed E-state index contributed by atoms with van der Waals surface area (Å²) in [6, 6.07) is 0. The summed E-state index contributed by atoms with van der Waals surface area (Å²) < 4.78 is 5.47. The van der Waals surface area contributed by atoms with Crippen molar-refractivity contribution < 1.29 is 4.74 Å². The van der Waals surface area contributed by atoms with Crippen LogP contribution in [0.2, 0.25) is 0 Å². The Labute approximate surface area is 56.7 Å². The fourth-order valence-electron chi connectivity index (χ4n) is 1.01. The lowest BCUT2D eigenvalue weighted by Gasteiger charge is -2.06. The van der Waals surface area contributed by atoms with Crippen LogP contribution in [-0.4, -0.2) is 12.7 Å². The summed E-state index contributed by atoms with van der Waals surface area (Å²) in [5.41, 5.74) is 0. The number of hydrogen-bond donors (Lipinski definition) is 0. The van der Waals surface area contributed by atoms with Crippen molar-refractivity contribution in [2.75, 3.05) is 6.61 Å². The zero-order chi connectivity index (χ0) is 6.53. The van der Waals surface area contributed by atoms with E-state index >= 15 is 0 Å². The fourth-order valence-corrected chi connectivity index (χ4v) is 1.01. The predicted molar refractivity (Wildman–Crippen MR) is 38.4 cm³/mol. The van der Waals surface area contributed by atoms with Gasteiger partial charge in [0.05, 0.1) is 6.10 Å². The van der Waals surface area contributed by atoms with Gasteiger partial charge in [-0.05, 0) is 19.3 Å². The Morgan fingerprint density at radius 3 is 3.11 bits per heavy atom. The van der Waals surface area contributed by atoms with Gasteiger partial charge in [-0.2, -0.15) is 0 Å². The third kappa shape index (κ3) is 2.19. The SMILES string of the molecule is CCCOC1C=CCC1. The van der Waals surface area contributed by atoms with E-state index in [9.17, 15) is 0 Å². The van der Waals surface area contributed by atoms with Crippen LogP contribution in [0.1, 0.15) is 26.2 Å². The molecule has 0 saturated carbocycles. The molecule has 0 fully saturated rings. The summed E-state index contributed by atoms with van der Waals surface area (Å²) >= 11 is 0. The highest BCUT2D eigenvalue weighted by Gasteiger charge is 2.07. The van der Waals surface area contributed by atoms with Crippen molar-refractivity contribution >= 4 is 0 Å². The first-order valence-electron chi connectivity index (χ1n) is 3.71. The van der Waals surface area contributed by atoms with Crippen molar-refractivity contribution in [2.45, 2.75) is 32.3 Å². The van der Waals surface area contributed by atoms with Crippen LogP contribution in [0, 0.1) is 0 Å². The molecule has 9 heavy (non-hydrogen) atoms. The van der Waals surface area contributed by atoms with Crippen molar-refractivity contribution in [3.63, 3.8) is 0 Å². The lowest BCUT2D eigenvalue weighted by Crippen LogP contribution is -2.06. The second-order valence-electron chi connectivity index (χ2n) is 2.41. The smallest absolute Gasteiger partial charge is 0.0758 e. The Morgan fingerprint density at radius 1 is 1.67 bits per heavy atom. The molecular weight excluding hydrogens is 112 g/mol. The van der Waals surface area contributed by atoms with Crippen LogP contribution in [0.5, 0.6) is 0 Å². The van der Waals surface area contributed by atoms with Gasteiger partial charge in [-0.1, -0.05) is 19.1 Å². The van der Waals surface area contributed by atoms with Crippen LogP contribution in [0.3, 0.4) is 0 Å². The molecule has 0 amide bonds. The minimum Gasteiger partial charge on any atom is -0.374 e. The van der Waals surface area contributed by atoms with E-state index in [-0.39, 0.29) is 0 Å². The monoisotopic (exact) mass is 126 g/mol. The van der Waals surface area contributed by atoms with Crippen LogP contribution >= 0.6 is 0 Å². The van der Waals surface area contributed by atoms with Gasteiger partial charge < -0.3 is 4.74 Å². The molecule has 0 radical (unpaired) electrons. The standard InChI is InChI=1S/C8H14O/c1-2-7-9-8-5-3-4-6-8/h3,5,8H,2,4,6-7H2,1H3. The minimum absolute atomic E-state index is 0.435. The van der Waals surface area contributed by atoms with E-state index in [0.29, 0.717) is 6.10 Å². The molecule has 1 atom stereocenters. The molecule has 0 aromatic rings. The number of allylic oxidation sites excluding steroid dienone is 1. The average Bonchev–Trinajstić information content (AvgIpc) is 2.34. The molecule has 0 spiro atoms. The Morgan fingerprint density at radius 2 is 2.56 bits per heavy atom. The molecule has 1 nitrogen and oxygen atoms in total. The van der Waals surface area contributed by atoms with Gasteiger partial charge in [0, 0.05) is 6.61 Å². The molecule has 1 heteroatoms. The Bertz CT molecular complexity index is 96.7. The molecule has 0 aromatic heterocycles.